The predicted molar refractivity (Wildman–Crippen MR) is 500 cm³/mol. The molecule has 0 radical (unpaired) electrons. The lowest BCUT2D eigenvalue weighted by Crippen LogP contribution is -2.61. The molecule has 570 valence electrons. The van der Waals surface area contributed by atoms with Gasteiger partial charge in [0.15, 0.2) is 0 Å². The molecule has 0 saturated carbocycles. The van der Waals surface area contributed by atoms with Gasteiger partial charge in [0.2, 0.25) is 0 Å². The zero-order chi connectivity index (χ0) is 87.4. The Kier molecular flexibility index (Phi) is 14.6. The molecule has 0 fully saturated rings. The van der Waals surface area contributed by atoms with Gasteiger partial charge in [-0.3, -0.25) is 0 Å². The van der Waals surface area contributed by atoms with Gasteiger partial charge in [0.1, 0.15) is 11.5 Å². The Bertz CT molecular complexity index is 7180. The van der Waals surface area contributed by atoms with Crippen LogP contribution in [0.15, 0.2) is 352 Å². The number of nitrogens with zero attached hydrogens (tertiary/aromatic N) is 3. The summed E-state index contributed by atoms with van der Waals surface area (Å²) in [6, 6.07) is 108. The topological polar surface area (TPSA) is 20.6 Å². The monoisotopic (exact) mass is 1530 g/mol. The SMILES string of the molecule is [2H]c1c([2H])c([2H])c2c(c1[2H])c1c([2H])c([2H])c([2H])c([2H])c1n2-c1ccc2c(c1)N(c1c(-c3ccccc3)cc(C(C)(C)C)cc1-c1ccccc1)c1cc(-c3ccc4c(c3)C3(c5ccccc5O4)c4ccccc4-c4ccccc43)cc3c1B2c1ccc(-c2cc(C(C)(C)C)cc(C(C)(C)C)c2)cc1N3c1c(-c2ccccc2)cc(C(C)(C)C)cc1-c1ccccc1. The molecule has 3 aliphatic heterocycles. The Hall–Kier alpha value is -13.2. The van der Waals surface area contributed by atoms with Crippen LogP contribution in [0.25, 0.3) is 105 Å². The summed E-state index contributed by atoms with van der Waals surface area (Å²) in [5.74, 6) is 1.54. The van der Waals surface area contributed by atoms with Crippen molar-refractivity contribution in [3.05, 3.63) is 396 Å². The van der Waals surface area contributed by atoms with Crippen LogP contribution in [0.2, 0.25) is 0 Å². The number of aromatic nitrogens is 1. The van der Waals surface area contributed by atoms with Crippen LogP contribution in [-0.4, -0.2) is 11.3 Å². The third kappa shape index (κ3) is 11.5. The van der Waals surface area contributed by atoms with E-state index in [1.807, 2.05) is 6.07 Å². The number of rotatable bonds is 9. The van der Waals surface area contributed by atoms with Gasteiger partial charge < -0.3 is 19.1 Å². The third-order valence-corrected chi connectivity index (χ3v) is 25.3. The van der Waals surface area contributed by atoms with Gasteiger partial charge in [-0.05, 0) is 212 Å². The van der Waals surface area contributed by atoms with Crippen molar-refractivity contribution < 1.29 is 15.7 Å². The minimum absolute atomic E-state index is 0.00182. The first kappa shape index (κ1) is 64.0. The van der Waals surface area contributed by atoms with E-state index in [2.05, 4.69) is 390 Å². The highest BCUT2D eigenvalue weighted by atomic mass is 16.5. The molecule has 21 rings (SSSR count). The number of fused-ring (bicyclic) bond motifs is 16. The Balaban J connectivity index is 0.984. The average molecular weight is 1530 g/mol. The van der Waals surface area contributed by atoms with Crippen LogP contribution in [-0.2, 0) is 27.1 Å². The largest absolute Gasteiger partial charge is 0.457 e. The molecule has 17 aromatic rings. The highest BCUT2D eigenvalue weighted by Gasteiger charge is 2.52. The summed E-state index contributed by atoms with van der Waals surface area (Å²) in [7, 11) is 0. The van der Waals surface area contributed by atoms with Crippen LogP contribution in [0.1, 0.15) is 139 Å². The van der Waals surface area contributed by atoms with E-state index in [-0.39, 0.29) is 55.6 Å². The second-order valence-corrected chi connectivity index (χ2v) is 36.6. The minimum Gasteiger partial charge on any atom is -0.457 e. The fourth-order valence-electron chi connectivity index (χ4n) is 19.3. The molecule has 16 aromatic carbocycles. The molecule has 0 N–H and O–H groups in total. The number of hydrogen-bond donors (Lipinski definition) is 0. The summed E-state index contributed by atoms with van der Waals surface area (Å²) in [6.45, 7) is 27.0. The number of ether oxygens (including phenoxy) is 1. The molecule has 0 atom stereocenters. The molecule has 0 bridgehead atoms. The van der Waals surface area contributed by atoms with Crippen molar-refractivity contribution in [1.82, 2.24) is 4.57 Å². The van der Waals surface area contributed by atoms with Crippen LogP contribution in [0.3, 0.4) is 0 Å². The molecule has 0 saturated heterocycles. The van der Waals surface area contributed by atoms with Crippen LogP contribution in [0, 0.1) is 0 Å². The molecule has 1 aromatic heterocycles. The van der Waals surface area contributed by atoms with Gasteiger partial charge in [0.05, 0.1) is 38.8 Å². The smallest absolute Gasteiger partial charge is 0.252 e. The van der Waals surface area contributed by atoms with Gasteiger partial charge in [0.25, 0.3) is 6.71 Å². The summed E-state index contributed by atoms with van der Waals surface area (Å²) < 4.78 is 86.0. The van der Waals surface area contributed by atoms with Gasteiger partial charge in [0, 0.05) is 72.6 Å². The maximum absolute atomic E-state index is 10.1. The third-order valence-electron chi connectivity index (χ3n) is 25.3. The lowest BCUT2D eigenvalue weighted by Gasteiger charge is -2.46. The zero-order valence-electron chi connectivity index (χ0n) is 76.7. The first-order valence-electron chi connectivity index (χ1n) is 45.3. The summed E-state index contributed by atoms with van der Waals surface area (Å²) in [4.78, 5) is 5.11. The van der Waals surface area contributed by atoms with E-state index in [1.165, 1.54) is 27.8 Å². The summed E-state index contributed by atoms with van der Waals surface area (Å²) in [5, 5.41) is -0.00363. The average Bonchev–Trinajstić information content (AvgIpc) is 1.66. The Morgan fingerprint density at radius 2 is 0.653 bits per heavy atom. The van der Waals surface area contributed by atoms with Crippen molar-refractivity contribution in [2.24, 2.45) is 0 Å². The Morgan fingerprint density at radius 3 is 1.12 bits per heavy atom. The maximum atomic E-state index is 10.1. The van der Waals surface area contributed by atoms with Crippen molar-refractivity contribution in [2.75, 3.05) is 9.80 Å². The summed E-state index contributed by atoms with van der Waals surface area (Å²) in [5.41, 5.74) is 30.2. The molecule has 5 heteroatoms. The van der Waals surface area contributed by atoms with Crippen LogP contribution in [0.5, 0.6) is 11.5 Å². The van der Waals surface area contributed by atoms with E-state index in [4.69, 9.17) is 4.74 Å². The predicted octanol–water partition coefficient (Wildman–Crippen LogP) is 28.5. The zero-order valence-corrected chi connectivity index (χ0v) is 68.7. The van der Waals surface area contributed by atoms with Gasteiger partial charge in [-0.15, -0.1) is 0 Å². The van der Waals surface area contributed by atoms with Crippen molar-refractivity contribution in [2.45, 2.75) is 110 Å². The van der Waals surface area contributed by atoms with Crippen molar-refractivity contribution >= 4 is 79.0 Å². The lowest BCUT2D eigenvalue weighted by molar-refractivity contribution is 0.436. The van der Waals surface area contributed by atoms with Crippen molar-refractivity contribution in [1.29, 1.82) is 0 Å². The van der Waals surface area contributed by atoms with E-state index in [0.29, 0.717) is 5.69 Å². The molecule has 4 nitrogen and oxygen atoms in total. The number of benzene rings is 16. The van der Waals surface area contributed by atoms with Gasteiger partial charge in [-0.2, -0.15) is 0 Å². The number of para-hydroxylation sites is 3. The molecule has 1 spiro atoms. The molecular formula is C113H94BN3O. The standard InChI is InChI=1S/C113H94BN3O/c1-109(2,3)79-59-77(60-80(65-79)110(4,5)6)76-53-56-96-100(62-76)116(107-88(71-35-17-13-18-36-71)66-81(111(7,8)9)67-89(107)72-37-19-14-20-38-72)102-63-78(75-54-58-105-95(61-75)113(94-49-31-34-52-104(94)118-105)92-47-29-25-43-84(92)85-44-26-30-48-93(85)113)64-103-106(102)114(96)97-57-55-83(115-98-50-32-27-45-86(98)87-46-28-33-51-99(87)115)70-101(97)117(103)108-90(73-39-21-15-22-40-73)68-82(112(10,11)12)69-91(108)74-41-23-16-24-42-74/h13-70H,1-12H3/i27D,28D,32D,33D,45D,46D,50D,51D. The Labute approximate surface area is 706 Å². The maximum Gasteiger partial charge on any atom is 0.252 e. The molecule has 4 heterocycles. The van der Waals surface area contributed by atoms with E-state index in [9.17, 15) is 11.0 Å². The van der Waals surface area contributed by atoms with Crippen LogP contribution < -0.4 is 30.9 Å². The molecule has 0 unspecified atom stereocenters. The van der Waals surface area contributed by atoms with Crippen LogP contribution >= 0.6 is 0 Å². The normalized spacial score (nSPS) is 14.6. The van der Waals surface area contributed by atoms with Crippen LogP contribution in [0.4, 0.5) is 34.1 Å². The highest BCUT2D eigenvalue weighted by molar-refractivity contribution is 7.00. The number of anilines is 6. The van der Waals surface area contributed by atoms with E-state index >= 15 is 0 Å². The first-order valence-corrected chi connectivity index (χ1v) is 41.3. The quantitative estimate of drug-likeness (QED) is 0.134. The molecule has 4 aliphatic rings. The minimum atomic E-state index is -0.840. The summed E-state index contributed by atoms with van der Waals surface area (Å²) >= 11 is 0. The fourth-order valence-corrected chi connectivity index (χ4v) is 19.3. The van der Waals surface area contributed by atoms with E-state index in [1.54, 1.807) is 4.57 Å². The molecule has 1 aliphatic carbocycles. The highest BCUT2D eigenvalue weighted by Crippen LogP contribution is 2.64. The number of hydrogen-bond acceptors (Lipinski definition) is 3. The van der Waals surface area contributed by atoms with Gasteiger partial charge >= 0.3 is 0 Å². The lowest BCUT2D eigenvalue weighted by atomic mass is 9.33. The Morgan fingerprint density at radius 1 is 0.288 bits per heavy atom. The van der Waals surface area contributed by atoms with Crippen molar-refractivity contribution in [3.63, 3.8) is 0 Å². The summed E-state index contributed by atoms with van der Waals surface area (Å²) in [6.07, 6.45) is 0. The molecule has 0 amide bonds. The molecule has 118 heavy (non-hydrogen) atoms. The van der Waals surface area contributed by atoms with E-state index in [0.717, 1.165) is 157 Å². The van der Waals surface area contributed by atoms with Crippen molar-refractivity contribution in [3.8, 4) is 95.1 Å². The second-order valence-electron chi connectivity index (χ2n) is 36.6. The van der Waals surface area contributed by atoms with Gasteiger partial charge in [-0.25, -0.2) is 0 Å². The van der Waals surface area contributed by atoms with E-state index < -0.39 is 48.4 Å². The first-order chi connectivity index (χ1) is 60.4. The fraction of sp³-hybridized carbons (Fsp3) is 0.150. The van der Waals surface area contributed by atoms with Gasteiger partial charge in [-0.1, -0.05) is 350 Å². The second kappa shape index (κ2) is 26.9. The molecular weight excluding hydrogens is 1430 g/mol.